The summed E-state index contributed by atoms with van der Waals surface area (Å²) in [5, 5.41) is 9.89. The molecule has 0 aliphatic carbocycles. The monoisotopic (exact) mass is 272 g/mol. The Morgan fingerprint density at radius 1 is 1.40 bits per heavy atom. The Labute approximate surface area is 95.5 Å². The quantitative estimate of drug-likeness (QED) is 0.897. The van der Waals surface area contributed by atoms with Crippen molar-refractivity contribution in [2.24, 2.45) is 0 Å². The van der Waals surface area contributed by atoms with E-state index >= 15 is 0 Å². The molecule has 1 aromatic rings. The lowest BCUT2D eigenvalue weighted by Gasteiger charge is -2.12. The van der Waals surface area contributed by atoms with E-state index < -0.39 is 6.10 Å². The van der Waals surface area contributed by atoms with E-state index in [0.717, 1.165) is 6.42 Å². The molecule has 1 aliphatic rings. The molecule has 2 rings (SSSR count). The molecule has 0 aromatic heterocycles. The molecular formula is C11H10BrFO2. The Balaban J connectivity index is 2.28. The molecule has 0 saturated heterocycles. The van der Waals surface area contributed by atoms with E-state index in [-0.39, 0.29) is 5.82 Å². The van der Waals surface area contributed by atoms with Gasteiger partial charge in [-0.25, -0.2) is 4.39 Å². The van der Waals surface area contributed by atoms with Crippen LogP contribution in [0.4, 0.5) is 4.39 Å². The summed E-state index contributed by atoms with van der Waals surface area (Å²) in [7, 11) is 0. The summed E-state index contributed by atoms with van der Waals surface area (Å²) in [5.41, 5.74) is 0.495. The van der Waals surface area contributed by atoms with Crippen LogP contribution in [0.2, 0.25) is 0 Å². The molecule has 4 heteroatoms. The van der Waals surface area contributed by atoms with E-state index in [1.165, 1.54) is 12.1 Å². The number of hydrogen-bond donors (Lipinski definition) is 1. The summed E-state index contributed by atoms with van der Waals surface area (Å²) in [6, 6.07) is 4.33. The molecule has 0 spiro atoms. The van der Waals surface area contributed by atoms with Crippen LogP contribution in [0.3, 0.4) is 0 Å². The molecule has 1 atom stereocenters. The van der Waals surface area contributed by atoms with E-state index in [1.54, 1.807) is 6.07 Å². The van der Waals surface area contributed by atoms with Gasteiger partial charge in [-0.3, -0.25) is 0 Å². The highest BCUT2D eigenvalue weighted by Crippen LogP contribution is 2.28. The maximum Gasteiger partial charge on any atom is 0.136 e. The van der Waals surface area contributed by atoms with Crippen LogP contribution < -0.4 is 0 Å². The fourth-order valence-corrected chi connectivity index (χ4v) is 2.01. The topological polar surface area (TPSA) is 29.5 Å². The number of aliphatic hydroxyl groups excluding tert-OH is 1. The third-order valence-corrected chi connectivity index (χ3v) is 2.66. The molecule has 0 radical (unpaired) electrons. The number of ether oxygens (including phenoxy) is 1. The lowest BCUT2D eigenvalue weighted by atomic mass is 10.1. The molecule has 1 heterocycles. The maximum absolute atomic E-state index is 13.1. The molecule has 1 aromatic carbocycles. The van der Waals surface area contributed by atoms with Crippen molar-refractivity contribution in [2.75, 3.05) is 6.61 Å². The standard InChI is InChI=1S/C11H10BrFO2/c12-8-4-7(5-9(13)6-8)11(14)10-2-1-3-15-10/h2,4-6,11,14H,1,3H2. The fourth-order valence-electron chi connectivity index (χ4n) is 1.52. The van der Waals surface area contributed by atoms with Crippen LogP contribution >= 0.6 is 15.9 Å². The van der Waals surface area contributed by atoms with Crippen LogP contribution in [0.5, 0.6) is 0 Å². The van der Waals surface area contributed by atoms with Crippen molar-refractivity contribution >= 4 is 15.9 Å². The molecule has 0 amide bonds. The smallest absolute Gasteiger partial charge is 0.136 e. The maximum atomic E-state index is 13.1. The van der Waals surface area contributed by atoms with Crippen LogP contribution in [-0.4, -0.2) is 11.7 Å². The second kappa shape index (κ2) is 4.33. The van der Waals surface area contributed by atoms with E-state index in [4.69, 9.17) is 4.74 Å². The zero-order chi connectivity index (χ0) is 10.8. The molecule has 0 bridgehead atoms. The van der Waals surface area contributed by atoms with E-state index in [0.29, 0.717) is 22.4 Å². The molecule has 1 aliphatic heterocycles. The van der Waals surface area contributed by atoms with Gasteiger partial charge in [-0.2, -0.15) is 0 Å². The largest absolute Gasteiger partial charge is 0.495 e. The van der Waals surface area contributed by atoms with Crippen molar-refractivity contribution in [3.8, 4) is 0 Å². The van der Waals surface area contributed by atoms with Crippen molar-refractivity contribution in [3.05, 3.63) is 45.9 Å². The first-order valence-corrected chi connectivity index (χ1v) is 5.43. The summed E-state index contributed by atoms with van der Waals surface area (Å²) in [6.45, 7) is 0.586. The van der Waals surface area contributed by atoms with Gasteiger partial charge >= 0.3 is 0 Å². The molecule has 0 saturated carbocycles. The number of rotatable bonds is 2. The summed E-state index contributed by atoms with van der Waals surface area (Å²) >= 11 is 3.18. The van der Waals surface area contributed by atoms with Crippen LogP contribution in [-0.2, 0) is 4.74 Å². The first kappa shape index (κ1) is 10.6. The van der Waals surface area contributed by atoms with Gasteiger partial charge in [0.25, 0.3) is 0 Å². The van der Waals surface area contributed by atoms with Gasteiger partial charge in [0.1, 0.15) is 17.7 Å². The number of halogens is 2. The Morgan fingerprint density at radius 2 is 2.20 bits per heavy atom. The van der Waals surface area contributed by atoms with Gasteiger partial charge in [0.15, 0.2) is 0 Å². The van der Waals surface area contributed by atoms with Crippen molar-refractivity contribution < 1.29 is 14.2 Å². The van der Waals surface area contributed by atoms with Gasteiger partial charge in [-0.1, -0.05) is 15.9 Å². The second-order valence-electron chi connectivity index (χ2n) is 3.35. The van der Waals surface area contributed by atoms with E-state index in [2.05, 4.69) is 15.9 Å². The third kappa shape index (κ3) is 2.38. The zero-order valence-corrected chi connectivity index (χ0v) is 9.50. The second-order valence-corrected chi connectivity index (χ2v) is 4.26. The number of benzene rings is 1. The van der Waals surface area contributed by atoms with Crippen molar-refractivity contribution in [3.63, 3.8) is 0 Å². The summed E-state index contributed by atoms with van der Waals surface area (Å²) in [5.74, 6) is 0.129. The lowest BCUT2D eigenvalue weighted by Crippen LogP contribution is -2.02. The molecule has 1 unspecified atom stereocenters. The van der Waals surface area contributed by atoms with Gasteiger partial charge in [-0.15, -0.1) is 0 Å². The van der Waals surface area contributed by atoms with E-state index in [9.17, 15) is 9.50 Å². The SMILES string of the molecule is OC(C1=CCCO1)c1cc(F)cc(Br)c1. The van der Waals surface area contributed by atoms with Crippen LogP contribution in [0.25, 0.3) is 0 Å². The van der Waals surface area contributed by atoms with E-state index in [1.807, 2.05) is 6.08 Å². The summed E-state index contributed by atoms with van der Waals surface area (Å²) in [4.78, 5) is 0. The first-order valence-electron chi connectivity index (χ1n) is 4.64. The Bertz CT molecular complexity index is 383. The average Bonchev–Trinajstić information content (AvgIpc) is 2.67. The van der Waals surface area contributed by atoms with Crippen molar-refractivity contribution in [1.82, 2.24) is 0 Å². The summed E-state index contributed by atoms with van der Waals surface area (Å²) in [6.07, 6.45) is 1.74. The Morgan fingerprint density at radius 3 is 2.80 bits per heavy atom. The van der Waals surface area contributed by atoms with Gasteiger partial charge in [0.05, 0.1) is 6.61 Å². The predicted octanol–water partition coefficient (Wildman–Crippen LogP) is 2.93. The minimum Gasteiger partial charge on any atom is -0.495 e. The molecule has 0 fully saturated rings. The molecule has 1 N–H and O–H groups in total. The number of aliphatic hydroxyl groups is 1. The average molecular weight is 273 g/mol. The van der Waals surface area contributed by atoms with Gasteiger partial charge < -0.3 is 9.84 Å². The van der Waals surface area contributed by atoms with Gasteiger partial charge in [0, 0.05) is 10.9 Å². The predicted molar refractivity (Wildman–Crippen MR) is 57.7 cm³/mol. The van der Waals surface area contributed by atoms with Crippen LogP contribution in [0.15, 0.2) is 34.5 Å². The molecule has 80 valence electrons. The van der Waals surface area contributed by atoms with Gasteiger partial charge in [0.2, 0.25) is 0 Å². The molecule has 15 heavy (non-hydrogen) atoms. The summed E-state index contributed by atoms with van der Waals surface area (Å²) < 4.78 is 18.9. The minimum absolute atomic E-state index is 0.378. The Kier molecular flexibility index (Phi) is 3.07. The first-order chi connectivity index (χ1) is 7.16. The van der Waals surface area contributed by atoms with Crippen LogP contribution in [0, 0.1) is 5.82 Å². The molecular weight excluding hydrogens is 263 g/mol. The normalized spacial score (nSPS) is 17.1. The highest BCUT2D eigenvalue weighted by Gasteiger charge is 2.18. The molecule has 2 nitrogen and oxygen atoms in total. The fraction of sp³-hybridized carbons (Fsp3) is 0.273. The zero-order valence-electron chi connectivity index (χ0n) is 7.91. The van der Waals surface area contributed by atoms with Crippen molar-refractivity contribution in [1.29, 1.82) is 0 Å². The minimum atomic E-state index is -0.875. The van der Waals surface area contributed by atoms with Crippen LogP contribution in [0.1, 0.15) is 18.1 Å². The highest BCUT2D eigenvalue weighted by atomic mass is 79.9. The lowest BCUT2D eigenvalue weighted by molar-refractivity contribution is 0.118. The Hall–Kier alpha value is -0.870. The van der Waals surface area contributed by atoms with Gasteiger partial charge in [-0.05, 0) is 29.8 Å². The number of hydrogen-bond acceptors (Lipinski definition) is 2. The third-order valence-electron chi connectivity index (χ3n) is 2.20. The van der Waals surface area contributed by atoms with Crippen molar-refractivity contribution in [2.45, 2.75) is 12.5 Å². The highest BCUT2D eigenvalue weighted by molar-refractivity contribution is 9.10.